The van der Waals surface area contributed by atoms with Gasteiger partial charge in [-0.1, -0.05) is 37.3 Å². The van der Waals surface area contributed by atoms with E-state index >= 15 is 0 Å². The number of benzene rings is 1. The van der Waals surface area contributed by atoms with Gasteiger partial charge in [-0.25, -0.2) is 0 Å². The molecule has 0 saturated carbocycles. The van der Waals surface area contributed by atoms with E-state index in [-0.39, 0.29) is 18.6 Å². The van der Waals surface area contributed by atoms with Crippen LogP contribution in [0.25, 0.3) is 0 Å². The van der Waals surface area contributed by atoms with Crippen LogP contribution in [0.4, 0.5) is 0 Å². The predicted molar refractivity (Wildman–Crippen MR) is 68.8 cm³/mol. The molecule has 3 heteroatoms. The lowest BCUT2D eigenvalue weighted by Crippen LogP contribution is -2.46. The smallest absolute Gasteiger partial charge is 0.230 e. The molecule has 1 aromatic rings. The Morgan fingerprint density at radius 3 is 2.41 bits per heavy atom. The van der Waals surface area contributed by atoms with Crippen molar-refractivity contribution in [2.24, 2.45) is 0 Å². The van der Waals surface area contributed by atoms with Gasteiger partial charge in [-0.05, 0) is 25.8 Å². The van der Waals surface area contributed by atoms with Gasteiger partial charge in [0.25, 0.3) is 0 Å². The molecule has 1 rings (SSSR count). The number of amides is 1. The lowest BCUT2D eigenvalue weighted by Gasteiger charge is -2.26. The van der Waals surface area contributed by atoms with Crippen molar-refractivity contribution in [2.45, 2.75) is 38.6 Å². The summed E-state index contributed by atoms with van der Waals surface area (Å²) in [5.74, 6) is -0.0513. The molecule has 0 saturated heterocycles. The maximum atomic E-state index is 12.2. The van der Waals surface area contributed by atoms with E-state index < -0.39 is 5.41 Å². The molecular formula is C14H21NO2. The Balaban J connectivity index is 2.80. The van der Waals surface area contributed by atoms with E-state index in [9.17, 15) is 4.79 Å². The van der Waals surface area contributed by atoms with Crippen LogP contribution in [0.2, 0.25) is 0 Å². The molecule has 0 spiro atoms. The van der Waals surface area contributed by atoms with Crippen molar-refractivity contribution < 1.29 is 9.90 Å². The molecule has 0 unspecified atom stereocenters. The van der Waals surface area contributed by atoms with E-state index in [1.165, 1.54) is 0 Å². The first-order chi connectivity index (χ1) is 8.02. The number of aliphatic hydroxyl groups excluding tert-OH is 1. The Labute approximate surface area is 103 Å². The molecule has 3 nitrogen and oxygen atoms in total. The lowest BCUT2D eigenvalue weighted by molar-refractivity contribution is -0.126. The summed E-state index contributed by atoms with van der Waals surface area (Å²) in [7, 11) is 0. The molecule has 0 heterocycles. The number of aliphatic hydroxyl groups is 1. The monoisotopic (exact) mass is 235 g/mol. The Bertz CT molecular complexity index is 356. The maximum absolute atomic E-state index is 12.2. The number of hydrogen-bond acceptors (Lipinski definition) is 2. The van der Waals surface area contributed by atoms with Gasteiger partial charge >= 0.3 is 0 Å². The van der Waals surface area contributed by atoms with E-state index in [2.05, 4.69) is 5.32 Å². The van der Waals surface area contributed by atoms with Crippen LogP contribution in [0.1, 0.15) is 32.8 Å². The first-order valence-corrected chi connectivity index (χ1v) is 5.99. The fourth-order valence-electron chi connectivity index (χ4n) is 1.63. The molecule has 1 amide bonds. The molecule has 0 aromatic heterocycles. The van der Waals surface area contributed by atoms with E-state index in [1.54, 1.807) is 0 Å². The van der Waals surface area contributed by atoms with Crippen LogP contribution in [-0.2, 0) is 10.2 Å². The first kappa shape index (κ1) is 13.7. The lowest BCUT2D eigenvalue weighted by atomic mass is 9.83. The van der Waals surface area contributed by atoms with E-state index in [0.717, 1.165) is 12.0 Å². The van der Waals surface area contributed by atoms with Crippen LogP contribution in [0.5, 0.6) is 0 Å². The van der Waals surface area contributed by atoms with Crippen LogP contribution in [0.3, 0.4) is 0 Å². The zero-order valence-corrected chi connectivity index (χ0v) is 10.7. The number of hydrogen-bond donors (Lipinski definition) is 2. The summed E-state index contributed by atoms with van der Waals surface area (Å²) in [4.78, 5) is 12.2. The van der Waals surface area contributed by atoms with Gasteiger partial charge in [0.05, 0.1) is 18.1 Å². The summed E-state index contributed by atoms with van der Waals surface area (Å²) >= 11 is 0. The van der Waals surface area contributed by atoms with Gasteiger partial charge in [-0.15, -0.1) is 0 Å². The second kappa shape index (κ2) is 5.82. The van der Waals surface area contributed by atoms with Gasteiger partial charge < -0.3 is 10.4 Å². The minimum atomic E-state index is -0.580. The third-order valence-electron chi connectivity index (χ3n) is 3.11. The number of rotatable bonds is 5. The molecule has 0 radical (unpaired) electrons. The number of carbonyl (C=O) groups is 1. The second-order valence-corrected chi connectivity index (χ2v) is 4.75. The summed E-state index contributed by atoms with van der Waals surface area (Å²) in [6.07, 6.45) is 0.729. The van der Waals surface area contributed by atoms with Gasteiger partial charge in [0.15, 0.2) is 0 Å². The van der Waals surface area contributed by atoms with Crippen molar-refractivity contribution in [3.63, 3.8) is 0 Å². The maximum Gasteiger partial charge on any atom is 0.230 e. The van der Waals surface area contributed by atoms with E-state index in [1.807, 2.05) is 51.1 Å². The zero-order chi connectivity index (χ0) is 12.9. The Hall–Kier alpha value is -1.35. The third-order valence-corrected chi connectivity index (χ3v) is 3.11. The normalized spacial score (nSPS) is 13.2. The molecule has 1 atom stereocenters. The zero-order valence-electron chi connectivity index (χ0n) is 10.7. The van der Waals surface area contributed by atoms with Crippen molar-refractivity contribution in [1.82, 2.24) is 5.32 Å². The van der Waals surface area contributed by atoms with Crippen LogP contribution >= 0.6 is 0 Å². The molecule has 2 N–H and O–H groups in total. The molecule has 0 aliphatic carbocycles. The predicted octanol–water partition coefficient (Wildman–Crippen LogP) is 1.85. The summed E-state index contributed by atoms with van der Waals surface area (Å²) in [5, 5.41) is 12.0. The van der Waals surface area contributed by atoms with Crippen LogP contribution < -0.4 is 5.32 Å². The van der Waals surface area contributed by atoms with E-state index in [4.69, 9.17) is 5.11 Å². The number of nitrogens with one attached hydrogen (secondary N) is 1. The van der Waals surface area contributed by atoms with Crippen LogP contribution in [0.15, 0.2) is 30.3 Å². The highest BCUT2D eigenvalue weighted by Crippen LogP contribution is 2.23. The Morgan fingerprint density at radius 1 is 1.35 bits per heavy atom. The Morgan fingerprint density at radius 2 is 1.94 bits per heavy atom. The average molecular weight is 235 g/mol. The molecule has 0 bridgehead atoms. The van der Waals surface area contributed by atoms with Gasteiger partial charge in [0.2, 0.25) is 5.91 Å². The first-order valence-electron chi connectivity index (χ1n) is 5.99. The average Bonchev–Trinajstić information content (AvgIpc) is 2.36. The van der Waals surface area contributed by atoms with Crippen molar-refractivity contribution in [3.8, 4) is 0 Å². The molecule has 1 aromatic carbocycles. The summed E-state index contributed by atoms with van der Waals surface area (Å²) in [6.45, 7) is 5.70. The fraction of sp³-hybridized carbons (Fsp3) is 0.500. The fourth-order valence-corrected chi connectivity index (χ4v) is 1.63. The minimum Gasteiger partial charge on any atom is -0.394 e. The van der Waals surface area contributed by atoms with Gasteiger partial charge in [0, 0.05) is 0 Å². The van der Waals surface area contributed by atoms with Crippen LogP contribution in [0, 0.1) is 0 Å². The topological polar surface area (TPSA) is 49.3 Å². The van der Waals surface area contributed by atoms with Gasteiger partial charge in [0.1, 0.15) is 0 Å². The highest BCUT2D eigenvalue weighted by molar-refractivity contribution is 5.87. The van der Waals surface area contributed by atoms with Gasteiger partial charge in [-0.2, -0.15) is 0 Å². The number of carbonyl (C=O) groups excluding carboxylic acids is 1. The molecule has 0 fully saturated rings. The van der Waals surface area contributed by atoms with Crippen LogP contribution in [-0.4, -0.2) is 23.7 Å². The van der Waals surface area contributed by atoms with Gasteiger partial charge in [-0.3, -0.25) is 4.79 Å². The molecule has 0 aliphatic heterocycles. The largest absolute Gasteiger partial charge is 0.394 e. The standard InChI is InChI=1S/C14H21NO2/c1-4-12(10-16)15-13(17)14(2,3)11-8-6-5-7-9-11/h5-9,12,16H,4,10H2,1-3H3,(H,15,17)/t12-/m1/s1. The van der Waals surface area contributed by atoms with E-state index in [0.29, 0.717) is 0 Å². The Kier molecular flexibility index (Phi) is 4.70. The third kappa shape index (κ3) is 3.30. The highest BCUT2D eigenvalue weighted by atomic mass is 16.3. The molecular weight excluding hydrogens is 214 g/mol. The molecule has 0 aliphatic rings. The second-order valence-electron chi connectivity index (χ2n) is 4.75. The SMILES string of the molecule is CC[C@H](CO)NC(=O)C(C)(C)c1ccccc1. The summed E-state index contributed by atoms with van der Waals surface area (Å²) in [5.41, 5.74) is 0.398. The van der Waals surface area contributed by atoms with Crippen molar-refractivity contribution in [3.05, 3.63) is 35.9 Å². The molecule has 94 valence electrons. The van der Waals surface area contributed by atoms with Crippen molar-refractivity contribution in [2.75, 3.05) is 6.61 Å². The van der Waals surface area contributed by atoms with Crippen molar-refractivity contribution in [1.29, 1.82) is 0 Å². The quantitative estimate of drug-likeness (QED) is 0.818. The molecule has 17 heavy (non-hydrogen) atoms. The summed E-state index contributed by atoms with van der Waals surface area (Å²) < 4.78 is 0. The minimum absolute atomic E-state index is 0.0207. The summed E-state index contributed by atoms with van der Waals surface area (Å²) in [6, 6.07) is 9.51. The van der Waals surface area contributed by atoms with Crippen molar-refractivity contribution >= 4 is 5.91 Å². The highest BCUT2D eigenvalue weighted by Gasteiger charge is 2.30.